The van der Waals surface area contributed by atoms with Crippen LogP contribution in [0, 0.1) is 9.54 Å². The molecule has 7 nitrogen and oxygen atoms in total. The van der Waals surface area contributed by atoms with Crippen molar-refractivity contribution in [2.75, 3.05) is 0 Å². The molecule has 4 N–H and O–H groups in total. The van der Waals surface area contributed by atoms with Crippen LogP contribution in [0.15, 0.2) is 39.9 Å². The molecule has 3 aromatic rings. The maximum absolute atomic E-state index is 12.5. The lowest BCUT2D eigenvalue weighted by atomic mass is 9.86. The quantitative estimate of drug-likeness (QED) is 0.391. The summed E-state index contributed by atoms with van der Waals surface area (Å²) in [5.41, 5.74) is 0.539. The van der Waals surface area contributed by atoms with Crippen molar-refractivity contribution in [2.45, 2.75) is 5.92 Å². The summed E-state index contributed by atoms with van der Waals surface area (Å²) in [4.78, 5) is 35.7. The lowest BCUT2D eigenvalue weighted by Crippen LogP contribution is -2.29. The van der Waals surface area contributed by atoms with Gasteiger partial charge in [-0.25, -0.2) is 0 Å². The molecule has 0 amide bonds. The second-order valence-electron chi connectivity index (χ2n) is 5.25. The van der Waals surface area contributed by atoms with Gasteiger partial charge in [0.2, 0.25) is 11.8 Å². The number of hydrogen-bond acceptors (Lipinski definition) is 5. The minimum absolute atomic E-state index is 0.137. The molecule has 1 aliphatic heterocycles. The van der Waals surface area contributed by atoms with Crippen LogP contribution in [0.4, 0.5) is 0 Å². The fraction of sp³-hybridized carbons (Fsp3) is 0.0667. The van der Waals surface area contributed by atoms with Crippen molar-refractivity contribution in [3.63, 3.8) is 0 Å². The third-order valence-corrected chi connectivity index (χ3v) is 4.21. The highest BCUT2D eigenvalue weighted by molar-refractivity contribution is 7.71. The van der Waals surface area contributed by atoms with Crippen LogP contribution in [-0.2, 0) is 0 Å². The molecule has 0 unspecified atom stereocenters. The lowest BCUT2D eigenvalue weighted by molar-refractivity contribution is 0.408. The summed E-state index contributed by atoms with van der Waals surface area (Å²) in [6.45, 7) is 0. The molecule has 0 saturated heterocycles. The van der Waals surface area contributed by atoms with Crippen molar-refractivity contribution in [1.29, 1.82) is 0 Å². The Morgan fingerprint density at radius 1 is 0.792 bits per heavy atom. The Bertz CT molecular complexity index is 1100. The summed E-state index contributed by atoms with van der Waals surface area (Å²) in [5.74, 6) is -0.223. The molecule has 0 fully saturated rings. The highest BCUT2D eigenvalue weighted by Crippen LogP contribution is 2.41. The summed E-state index contributed by atoms with van der Waals surface area (Å²) in [5, 5.41) is 0. The second kappa shape index (κ2) is 5.39. The zero-order valence-corrected chi connectivity index (χ0v) is 13.6. The predicted octanol–water partition coefficient (Wildman–Crippen LogP) is 2.46. The molecule has 4 rings (SSSR count). The van der Waals surface area contributed by atoms with Crippen LogP contribution in [0.3, 0.4) is 0 Å². The van der Waals surface area contributed by atoms with E-state index in [2.05, 4.69) is 19.9 Å². The Kier molecular flexibility index (Phi) is 3.32. The van der Waals surface area contributed by atoms with Gasteiger partial charge in [0, 0.05) is 0 Å². The van der Waals surface area contributed by atoms with Crippen LogP contribution in [0.25, 0.3) is 0 Å². The molecule has 2 aromatic heterocycles. The fourth-order valence-corrected chi connectivity index (χ4v) is 3.23. The molecular formula is C15H10N4O3S2. The zero-order chi connectivity index (χ0) is 16.8. The van der Waals surface area contributed by atoms with E-state index in [0.29, 0.717) is 11.1 Å². The zero-order valence-electron chi connectivity index (χ0n) is 12.0. The summed E-state index contributed by atoms with van der Waals surface area (Å²) in [7, 11) is 0. The maximum atomic E-state index is 12.5. The summed E-state index contributed by atoms with van der Waals surface area (Å²) >= 11 is 10.0. The molecule has 0 spiro atoms. The van der Waals surface area contributed by atoms with Crippen LogP contribution in [0.1, 0.15) is 22.6 Å². The van der Waals surface area contributed by atoms with Gasteiger partial charge in [0.05, 0.1) is 17.0 Å². The van der Waals surface area contributed by atoms with Crippen LogP contribution in [-0.4, -0.2) is 19.9 Å². The van der Waals surface area contributed by atoms with E-state index in [4.69, 9.17) is 29.2 Å². The Morgan fingerprint density at radius 3 is 1.79 bits per heavy atom. The number of aromatic nitrogens is 4. The monoisotopic (exact) mass is 358 g/mol. The first kappa shape index (κ1) is 14.8. The van der Waals surface area contributed by atoms with Gasteiger partial charge >= 0.3 is 0 Å². The minimum atomic E-state index is -0.615. The van der Waals surface area contributed by atoms with Crippen LogP contribution in [0.5, 0.6) is 11.8 Å². The van der Waals surface area contributed by atoms with E-state index < -0.39 is 17.0 Å². The average molecular weight is 358 g/mol. The van der Waals surface area contributed by atoms with E-state index in [0.717, 1.165) is 5.56 Å². The maximum Gasteiger partial charge on any atom is 0.259 e. The number of H-pyrrole nitrogens is 4. The van der Waals surface area contributed by atoms with Gasteiger partial charge in [-0.2, -0.15) is 0 Å². The van der Waals surface area contributed by atoms with Crippen molar-refractivity contribution in [3.05, 3.63) is 77.3 Å². The van der Waals surface area contributed by atoms with Crippen molar-refractivity contribution >= 4 is 24.4 Å². The smallest absolute Gasteiger partial charge is 0.259 e. The third kappa shape index (κ3) is 2.25. The van der Waals surface area contributed by atoms with E-state index in [1.54, 1.807) is 0 Å². The minimum Gasteiger partial charge on any atom is -0.423 e. The molecule has 0 saturated carbocycles. The second-order valence-corrected chi connectivity index (χ2v) is 6.06. The topological polar surface area (TPSA) is 107 Å². The van der Waals surface area contributed by atoms with Crippen molar-refractivity contribution in [1.82, 2.24) is 19.9 Å². The van der Waals surface area contributed by atoms with Crippen molar-refractivity contribution < 1.29 is 4.74 Å². The first-order chi connectivity index (χ1) is 11.5. The predicted molar refractivity (Wildman–Crippen MR) is 92.0 cm³/mol. The molecule has 1 aromatic carbocycles. The Morgan fingerprint density at radius 2 is 1.29 bits per heavy atom. The molecule has 0 aliphatic carbocycles. The Labute approximate surface area is 144 Å². The Balaban J connectivity index is 2.13. The van der Waals surface area contributed by atoms with Crippen molar-refractivity contribution in [3.8, 4) is 11.8 Å². The van der Waals surface area contributed by atoms with Gasteiger partial charge in [-0.05, 0) is 30.0 Å². The molecule has 0 bridgehead atoms. The van der Waals surface area contributed by atoms with Gasteiger partial charge in [0.1, 0.15) is 0 Å². The van der Waals surface area contributed by atoms with E-state index in [-0.39, 0.29) is 21.3 Å². The number of hydrogen-bond donors (Lipinski definition) is 4. The normalized spacial score (nSPS) is 13.0. The van der Waals surface area contributed by atoms with Gasteiger partial charge in [-0.1, -0.05) is 30.3 Å². The number of ether oxygens (including phenoxy) is 1. The molecule has 24 heavy (non-hydrogen) atoms. The number of benzene rings is 1. The number of rotatable bonds is 1. The molecular weight excluding hydrogens is 348 g/mol. The summed E-state index contributed by atoms with van der Waals surface area (Å²) in [6.07, 6.45) is 0. The van der Waals surface area contributed by atoms with Gasteiger partial charge in [0.25, 0.3) is 11.1 Å². The van der Waals surface area contributed by atoms with Crippen LogP contribution in [0.2, 0.25) is 0 Å². The third-order valence-electron chi connectivity index (χ3n) is 3.80. The van der Waals surface area contributed by atoms with Crippen LogP contribution < -0.4 is 15.9 Å². The highest BCUT2D eigenvalue weighted by Gasteiger charge is 2.34. The molecule has 120 valence electrons. The largest absolute Gasteiger partial charge is 0.423 e. The van der Waals surface area contributed by atoms with Crippen LogP contribution >= 0.6 is 24.4 Å². The standard InChI is InChI=1S/C15H10N4O3S2/c20-10-8-7(6-4-2-1-3-5-6)9-11(21)17-15(24)19-13(9)22-12(8)18-14(23)16-10/h1-5,7H,(H2,16,18,20,23)(H2,17,19,21,24). The van der Waals surface area contributed by atoms with Gasteiger partial charge in [-0.3, -0.25) is 19.6 Å². The van der Waals surface area contributed by atoms with Gasteiger partial charge in [-0.15, -0.1) is 0 Å². The van der Waals surface area contributed by atoms with E-state index in [9.17, 15) is 9.59 Å². The van der Waals surface area contributed by atoms with Crippen molar-refractivity contribution in [2.24, 2.45) is 0 Å². The fourth-order valence-electron chi connectivity index (χ4n) is 2.86. The van der Waals surface area contributed by atoms with Gasteiger partial charge in [0.15, 0.2) is 9.54 Å². The molecule has 9 heteroatoms. The number of nitrogens with one attached hydrogen (secondary N) is 4. The lowest BCUT2D eigenvalue weighted by Gasteiger charge is -2.25. The van der Waals surface area contributed by atoms with E-state index in [1.165, 1.54) is 0 Å². The highest BCUT2D eigenvalue weighted by atomic mass is 32.1. The first-order valence-corrected chi connectivity index (χ1v) is 7.82. The number of fused-ring (bicyclic) bond motifs is 2. The molecule has 3 heterocycles. The number of aromatic amines is 4. The Hall–Kier alpha value is -2.78. The summed E-state index contributed by atoms with van der Waals surface area (Å²) < 4.78 is 5.94. The summed E-state index contributed by atoms with van der Waals surface area (Å²) in [6, 6.07) is 9.21. The molecule has 0 radical (unpaired) electrons. The SMILES string of the molecule is O=c1[nH]c(=S)[nH]c2c1C(c1ccccc1)c1c([nH]c(=S)[nH]c1=O)O2. The first-order valence-electron chi connectivity index (χ1n) is 7.00. The van der Waals surface area contributed by atoms with Gasteiger partial charge < -0.3 is 14.7 Å². The van der Waals surface area contributed by atoms with E-state index >= 15 is 0 Å². The van der Waals surface area contributed by atoms with E-state index in [1.807, 2.05) is 30.3 Å². The average Bonchev–Trinajstić information content (AvgIpc) is 2.53. The molecule has 0 atom stereocenters. The molecule has 1 aliphatic rings.